The summed E-state index contributed by atoms with van der Waals surface area (Å²) in [7, 11) is 0. The summed E-state index contributed by atoms with van der Waals surface area (Å²) in [6.07, 6.45) is 0.716. The van der Waals surface area contributed by atoms with Crippen LogP contribution in [0.4, 0.5) is 5.69 Å². The average Bonchev–Trinajstić information content (AvgIpc) is 2.78. The van der Waals surface area contributed by atoms with E-state index in [-0.39, 0.29) is 11.9 Å². The SMILES string of the molecule is CC(=O)c1ccccc1N1CCC(C(C)O)C1. The minimum Gasteiger partial charge on any atom is -0.393 e. The fourth-order valence-electron chi connectivity index (χ4n) is 2.45. The van der Waals surface area contributed by atoms with Gasteiger partial charge in [0.05, 0.1) is 6.10 Å². The third kappa shape index (κ3) is 2.50. The lowest BCUT2D eigenvalue weighted by Crippen LogP contribution is -2.25. The first-order valence-electron chi connectivity index (χ1n) is 6.12. The number of Topliss-reactive ketones (excluding diaryl/α,β-unsaturated/α-hetero) is 1. The molecule has 3 nitrogen and oxygen atoms in total. The lowest BCUT2D eigenvalue weighted by molar-refractivity contribution is 0.101. The third-order valence-electron chi connectivity index (χ3n) is 3.53. The summed E-state index contributed by atoms with van der Waals surface area (Å²) >= 11 is 0. The van der Waals surface area contributed by atoms with Crippen LogP contribution in [0.25, 0.3) is 0 Å². The first-order valence-corrected chi connectivity index (χ1v) is 6.12. The Kier molecular flexibility index (Phi) is 3.48. The third-order valence-corrected chi connectivity index (χ3v) is 3.53. The molecule has 2 rings (SSSR count). The lowest BCUT2D eigenvalue weighted by atomic mass is 10.0. The minimum atomic E-state index is -0.274. The fraction of sp³-hybridized carbons (Fsp3) is 0.500. The normalized spacial score (nSPS) is 21.6. The molecule has 1 fully saturated rings. The van der Waals surface area contributed by atoms with E-state index in [0.29, 0.717) is 5.92 Å². The predicted molar refractivity (Wildman–Crippen MR) is 68.4 cm³/mol. The van der Waals surface area contributed by atoms with Gasteiger partial charge >= 0.3 is 0 Å². The van der Waals surface area contributed by atoms with Crippen LogP contribution in [0, 0.1) is 5.92 Å². The fourth-order valence-corrected chi connectivity index (χ4v) is 2.45. The van der Waals surface area contributed by atoms with Crippen molar-refractivity contribution in [2.45, 2.75) is 26.4 Å². The number of hydrogen-bond acceptors (Lipinski definition) is 3. The molecule has 2 atom stereocenters. The zero-order valence-corrected chi connectivity index (χ0v) is 10.4. The first kappa shape index (κ1) is 12.1. The van der Waals surface area contributed by atoms with E-state index in [1.165, 1.54) is 0 Å². The summed E-state index contributed by atoms with van der Waals surface area (Å²) in [6.45, 7) is 5.19. The molecule has 0 aromatic heterocycles. The van der Waals surface area contributed by atoms with Crippen molar-refractivity contribution in [3.63, 3.8) is 0 Å². The van der Waals surface area contributed by atoms with Gasteiger partial charge in [0, 0.05) is 30.3 Å². The number of nitrogens with zero attached hydrogens (tertiary/aromatic N) is 1. The Morgan fingerprint density at radius 2 is 2.18 bits per heavy atom. The summed E-state index contributed by atoms with van der Waals surface area (Å²) < 4.78 is 0. The number of para-hydroxylation sites is 1. The number of benzene rings is 1. The molecule has 1 saturated heterocycles. The topological polar surface area (TPSA) is 40.5 Å². The molecule has 1 aromatic carbocycles. The first-order chi connectivity index (χ1) is 8.09. The number of rotatable bonds is 3. The zero-order chi connectivity index (χ0) is 12.4. The molecule has 2 unspecified atom stereocenters. The van der Waals surface area contributed by atoms with Crippen LogP contribution < -0.4 is 4.90 Å². The summed E-state index contributed by atoms with van der Waals surface area (Å²) in [5.74, 6) is 0.413. The Morgan fingerprint density at radius 1 is 1.47 bits per heavy atom. The van der Waals surface area contributed by atoms with E-state index in [9.17, 15) is 9.90 Å². The van der Waals surface area contributed by atoms with Crippen molar-refractivity contribution in [2.24, 2.45) is 5.92 Å². The van der Waals surface area contributed by atoms with Crippen molar-refractivity contribution in [1.29, 1.82) is 0 Å². The van der Waals surface area contributed by atoms with Crippen molar-refractivity contribution < 1.29 is 9.90 Å². The second-order valence-corrected chi connectivity index (χ2v) is 4.81. The molecule has 0 bridgehead atoms. The van der Waals surface area contributed by atoms with E-state index < -0.39 is 0 Å². The van der Waals surface area contributed by atoms with Crippen molar-refractivity contribution in [3.8, 4) is 0 Å². The number of aliphatic hydroxyl groups is 1. The Bertz CT molecular complexity index is 414. The Morgan fingerprint density at radius 3 is 2.76 bits per heavy atom. The second-order valence-electron chi connectivity index (χ2n) is 4.81. The number of hydrogen-bond donors (Lipinski definition) is 1. The maximum atomic E-state index is 11.6. The monoisotopic (exact) mass is 233 g/mol. The molecule has 17 heavy (non-hydrogen) atoms. The highest BCUT2D eigenvalue weighted by Gasteiger charge is 2.27. The summed E-state index contributed by atoms with van der Waals surface area (Å²) in [4.78, 5) is 13.8. The Labute approximate surface area is 102 Å². The van der Waals surface area contributed by atoms with Crippen LogP contribution in [0.3, 0.4) is 0 Å². The molecule has 1 aliphatic heterocycles. The lowest BCUT2D eigenvalue weighted by Gasteiger charge is -2.21. The summed E-state index contributed by atoms with van der Waals surface area (Å²) in [5, 5.41) is 9.60. The highest BCUT2D eigenvalue weighted by Crippen LogP contribution is 2.28. The van der Waals surface area contributed by atoms with E-state index in [0.717, 1.165) is 30.8 Å². The van der Waals surface area contributed by atoms with Crippen LogP contribution in [0.1, 0.15) is 30.6 Å². The predicted octanol–water partition coefficient (Wildman–Crippen LogP) is 2.10. The van der Waals surface area contributed by atoms with E-state index in [2.05, 4.69) is 4.90 Å². The molecule has 0 spiro atoms. The summed E-state index contributed by atoms with van der Waals surface area (Å²) in [6, 6.07) is 7.70. The van der Waals surface area contributed by atoms with Crippen LogP contribution in [0.15, 0.2) is 24.3 Å². The molecular weight excluding hydrogens is 214 g/mol. The van der Waals surface area contributed by atoms with Crippen molar-refractivity contribution >= 4 is 11.5 Å². The van der Waals surface area contributed by atoms with Gasteiger partial charge < -0.3 is 10.0 Å². The van der Waals surface area contributed by atoms with Gasteiger partial charge in [-0.25, -0.2) is 0 Å². The molecule has 0 saturated carbocycles. The van der Waals surface area contributed by atoms with Crippen LogP contribution >= 0.6 is 0 Å². The van der Waals surface area contributed by atoms with Gasteiger partial charge in [-0.3, -0.25) is 4.79 Å². The van der Waals surface area contributed by atoms with E-state index in [1.54, 1.807) is 6.92 Å². The van der Waals surface area contributed by atoms with Crippen molar-refractivity contribution in [3.05, 3.63) is 29.8 Å². The molecule has 1 heterocycles. The maximum absolute atomic E-state index is 11.6. The van der Waals surface area contributed by atoms with Gasteiger partial charge in [0.25, 0.3) is 0 Å². The Balaban J connectivity index is 2.21. The number of anilines is 1. The highest BCUT2D eigenvalue weighted by atomic mass is 16.3. The van der Waals surface area contributed by atoms with Gasteiger partial charge in [-0.05, 0) is 32.4 Å². The standard InChI is InChI=1S/C14H19NO2/c1-10(16)12-7-8-15(9-12)14-6-4-3-5-13(14)11(2)17/h3-6,10,12,16H,7-9H2,1-2H3. The molecule has 1 aromatic rings. The van der Waals surface area contributed by atoms with Crippen LogP contribution in [-0.4, -0.2) is 30.1 Å². The molecule has 1 N–H and O–H groups in total. The Hall–Kier alpha value is -1.35. The molecule has 0 amide bonds. The number of ketones is 1. The van der Waals surface area contributed by atoms with E-state index in [4.69, 9.17) is 0 Å². The quantitative estimate of drug-likeness (QED) is 0.813. The van der Waals surface area contributed by atoms with Gasteiger partial charge in [-0.1, -0.05) is 12.1 Å². The smallest absolute Gasteiger partial charge is 0.161 e. The number of carbonyl (C=O) groups excluding carboxylic acids is 1. The van der Waals surface area contributed by atoms with Crippen LogP contribution in [-0.2, 0) is 0 Å². The molecular formula is C14H19NO2. The molecule has 0 radical (unpaired) electrons. The second kappa shape index (κ2) is 4.88. The molecule has 1 aliphatic rings. The minimum absolute atomic E-state index is 0.0982. The van der Waals surface area contributed by atoms with Gasteiger partial charge in [0.1, 0.15) is 0 Å². The molecule has 3 heteroatoms. The largest absolute Gasteiger partial charge is 0.393 e. The van der Waals surface area contributed by atoms with Gasteiger partial charge in [0.15, 0.2) is 5.78 Å². The molecule has 92 valence electrons. The maximum Gasteiger partial charge on any atom is 0.161 e. The highest BCUT2D eigenvalue weighted by molar-refractivity contribution is 5.99. The number of carbonyl (C=O) groups is 1. The van der Waals surface area contributed by atoms with Crippen molar-refractivity contribution in [1.82, 2.24) is 0 Å². The van der Waals surface area contributed by atoms with E-state index >= 15 is 0 Å². The van der Waals surface area contributed by atoms with Gasteiger partial charge in [-0.2, -0.15) is 0 Å². The number of aliphatic hydroxyl groups excluding tert-OH is 1. The van der Waals surface area contributed by atoms with Gasteiger partial charge in [0.2, 0.25) is 0 Å². The van der Waals surface area contributed by atoms with Gasteiger partial charge in [-0.15, -0.1) is 0 Å². The van der Waals surface area contributed by atoms with Crippen LogP contribution in [0.5, 0.6) is 0 Å². The van der Waals surface area contributed by atoms with Crippen LogP contribution in [0.2, 0.25) is 0 Å². The summed E-state index contributed by atoms with van der Waals surface area (Å²) in [5.41, 5.74) is 1.78. The zero-order valence-electron chi connectivity index (χ0n) is 10.4. The van der Waals surface area contributed by atoms with E-state index in [1.807, 2.05) is 31.2 Å². The van der Waals surface area contributed by atoms with Crippen molar-refractivity contribution in [2.75, 3.05) is 18.0 Å². The average molecular weight is 233 g/mol. The molecule has 0 aliphatic carbocycles.